The van der Waals surface area contributed by atoms with Crippen molar-refractivity contribution in [1.29, 1.82) is 0 Å². The third kappa shape index (κ3) is 7.66. The summed E-state index contributed by atoms with van der Waals surface area (Å²) in [4.78, 5) is 35.6. The largest absolute Gasteiger partial charge is 0.466 e. The Hall–Kier alpha value is -2.06. The van der Waals surface area contributed by atoms with Crippen LogP contribution >= 0.6 is 0 Å². The van der Waals surface area contributed by atoms with Crippen molar-refractivity contribution in [1.82, 2.24) is 10.2 Å². The topological polar surface area (TPSA) is 75.7 Å². The molecule has 1 saturated heterocycles. The Morgan fingerprint density at radius 1 is 1.30 bits per heavy atom. The minimum atomic E-state index is -4.36. The average Bonchev–Trinajstić information content (AvgIpc) is 2.49. The summed E-state index contributed by atoms with van der Waals surface area (Å²) in [5.74, 6) is -1.77. The van der Waals surface area contributed by atoms with E-state index in [0.29, 0.717) is 19.4 Å². The van der Waals surface area contributed by atoms with Crippen LogP contribution in [0.5, 0.6) is 0 Å². The Balaban J connectivity index is 2.45. The lowest BCUT2D eigenvalue weighted by Gasteiger charge is -2.33. The zero-order valence-corrected chi connectivity index (χ0v) is 12.7. The van der Waals surface area contributed by atoms with Gasteiger partial charge in [-0.25, -0.2) is 4.79 Å². The number of methoxy groups -OCH3 is 1. The number of esters is 1. The SMILES string of the molecule is COC(=O)/C=C/C(=O)N[C@@H]1CCCN(C(=O)CCC(F)(F)F)C1. The molecule has 0 saturated carbocycles. The first-order valence-electron chi connectivity index (χ1n) is 7.12. The molecule has 1 aliphatic rings. The van der Waals surface area contributed by atoms with E-state index in [2.05, 4.69) is 10.1 Å². The fourth-order valence-electron chi connectivity index (χ4n) is 2.19. The van der Waals surface area contributed by atoms with Crippen LogP contribution in [0.15, 0.2) is 12.2 Å². The fraction of sp³-hybridized carbons (Fsp3) is 0.643. The van der Waals surface area contributed by atoms with Crippen molar-refractivity contribution in [3.8, 4) is 0 Å². The molecule has 1 aliphatic heterocycles. The van der Waals surface area contributed by atoms with Crippen molar-refractivity contribution in [3.63, 3.8) is 0 Å². The maximum Gasteiger partial charge on any atom is 0.389 e. The molecule has 0 spiro atoms. The van der Waals surface area contributed by atoms with E-state index in [0.717, 1.165) is 12.2 Å². The Morgan fingerprint density at radius 2 is 2.00 bits per heavy atom. The van der Waals surface area contributed by atoms with Crippen LogP contribution in [0, 0.1) is 0 Å². The highest BCUT2D eigenvalue weighted by Crippen LogP contribution is 2.22. The van der Waals surface area contributed by atoms with E-state index in [1.54, 1.807) is 0 Å². The van der Waals surface area contributed by atoms with Gasteiger partial charge >= 0.3 is 12.1 Å². The van der Waals surface area contributed by atoms with Gasteiger partial charge in [-0.05, 0) is 12.8 Å². The molecule has 0 bridgehead atoms. The van der Waals surface area contributed by atoms with Gasteiger partial charge in [-0.2, -0.15) is 13.2 Å². The van der Waals surface area contributed by atoms with Gasteiger partial charge in [0.05, 0.1) is 13.5 Å². The van der Waals surface area contributed by atoms with Gasteiger partial charge in [0.2, 0.25) is 11.8 Å². The molecule has 0 aliphatic carbocycles. The summed E-state index contributed by atoms with van der Waals surface area (Å²) < 4.78 is 40.8. The summed E-state index contributed by atoms with van der Waals surface area (Å²) in [6.45, 7) is 0.537. The average molecular weight is 336 g/mol. The van der Waals surface area contributed by atoms with E-state index in [1.165, 1.54) is 12.0 Å². The maximum absolute atomic E-state index is 12.1. The Kier molecular flexibility index (Phi) is 7.05. The lowest BCUT2D eigenvalue weighted by atomic mass is 10.0. The molecule has 2 amide bonds. The van der Waals surface area contributed by atoms with Crippen LogP contribution in [0.2, 0.25) is 0 Å². The van der Waals surface area contributed by atoms with Gasteiger partial charge in [0.25, 0.3) is 0 Å². The number of alkyl halides is 3. The van der Waals surface area contributed by atoms with E-state index < -0.39 is 36.8 Å². The predicted molar refractivity (Wildman–Crippen MR) is 74.2 cm³/mol. The standard InChI is InChI=1S/C14H19F3N2O4/c1-23-13(22)5-4-11(20)18-10-3-2-8-19(9-10)12(21)6-7-14(15,16)17/h4-5,10H,2-3,6-9H2,1H3,(H,18,20)/b5-4+/t10-/m1/s1. The van der Waals surface area contributed by atoms with Gasteiger partial charge in [-0.1, -0.05) is 0 Å². The van der Waals surface area contributed by atoms with Gasteiger partial charge < -0.3 is 15.0 Å². The molecule has 0 aromatic carbocycles. The zero-order valence-electron chi connectivity index (χ0n) is 12.7. The minimum absolute atomic E-state index is 0.161. The fourth-order valence-corrected chi connectivity index (χ4v) is 2.19. The summed E-state index contributed by atoms with van der Waals surface area (Å²) >= 11 is 0. The number of amides is 2. The number of ether oxygens (including phenoxy) is 1. The molecule has 0 unspecified atom stereocenters. The van der Waals surface area contributed by atoms with Crippen molar-refractivity contribution < 1.29 is 32.3 Å². The second-order valence-corrected chi connectivity index (χ2v) is 5.16. The molecule has 1 fully saturated rings. The first-order chi connectivity index (χ1) is 10.7. The van der Waals surface area contributed by atoms with Crippen LogP contribution in [0.25, 0.3) is 0 Å². The quantitative estimate of drug-likeness (QED) is 0.604. The number of rotatable bonds is 5. The van der Waals surface area contributed by atoms with Gasteiger partial charge in [0.1, 0.15) is 0 Å². The monoisotopic (exact) mass is 336 g/mol. The molecule has 0 aromatic heterocycles. The van der Waals surface area contributed by atoms with Crippen molar-refractivity contribution >= 4 is 17.8 Å². The molecule has 1 heterocycles. The molecule has 6 nitrogen and oxygen atoms in total. The number of nitrogens with zero attached hydrogens (tertiary/aromatic N) is 1. The first-order valence-corrected chi connectivity index (χ1v) is 7.12. The number of halogens is 3. The predicted octanol–water partition coefficient (Wildman–Crippen LogP) is 1.17. The third-order valence-electron chi connectivity index (χ3n) is 3.31. The third-order valence-corrected chi connectivity index (χ3v) is 3.31. The number of carbonyl (C=O) groups is 3. The van der Waals surface area contributed by atoms with E-state index in [9.17, 15) is 27.6 Å². The highest BCUT2D eigenvalue weighted by atomic mass is 19.4. The molecule has 9 heteroatoms. The van der Waals surface area contributed by atoms with Crippen LogP contribution in [0.4, 0.5) is 13.2 Å². The van der Waals surface area contributed by atoms with Crippen LogP contribution < -0.4 is 5.32 Å². The van der Waals surface area contributed by atoms with Crippen molar-refractivity contribution in [2.75, 3.05) is 20.2 Å². The molecular formula is C14H19F3N2O4. The molecular weight excluding hydrogens is 317 g/mol. The Bertz CT molecular complexity index is 477. The van der Waals surface area contributed by atoms with Crippen molar-refractivity contribution in [2.24, 2.45) is 0 Å². The number of hydrogen-bond donors (Lipinski definition) is 1. The second kappa shape index (κ2) is 8.54. The Morgan fingerprint density at radius 3 is 2.61 bits per heavy atom. The molecule has 1 N–H and O–H groups in total. The minimum Gasteiger partial charge on any atom is -0.466 e. The van der Waals surface area contributed by atoms with E-state index in [-0.39, 0.29) is 12.6 Å². The van der Waals surface area contributed by atoms with Crippen LogP contribution in [0.3, 0.4) is 0 Å². The number of piperidine rings is 1. The smallest absolute Gasteiger partial charge is 0.389 e. The second-order valence-electron chi connectivity index (χ2n) is 5.16. The lowest BCUT2D eigenvalue weighted by molar-refractivity contribution is -0.149. The van der Waals surface area contributed by atoms with Crippen LogP contribution in [-0.2, 0) is 19.1 Å². The van der Waals surface area contributed by atoms with Gasteiger partial charge in [-0.15, -0.1) is 0 Å². The highest BCUT2D eigenvalue weighted by molar-refractivity contribution is 5.94. The summed E-state index contributed by atoms with van der Waals surface area (Å²) in [6, 6.07) is -0.353. The molecule has 0 radical (unpaired) electrons. The normalized spacial score (nSPS) is 18.8. The van der Waals surface area contributed by atoms with E-state index in [4.69, 9.17) is 0 Å². The number of carbonyl (C=O) groups excluding carboxylic acids is 3. The molecule has 1 rings (SSSR count). The zero-order chi connectivity index (χ0) is 17.5. The van der Waals surface area contributed by atoms with Crippen LogP contribution in [-0.4, -0.2) is 55.1 Å². The number of hydrogen-bond acceptors (Lipinski definition) is 4. The number of likely N-dealkylation sites (tertiary alicyclic amines) is 1. The molecule has 0 aromatic rings. The maximum atomic E-state index is 12.1. The van der Waals surface area contributed by atoms with Gasteiger partial charge in [-0.3, -0.25) is 9.59 Å². The first kappa shape index (κ1) is 19.0. The highest BCUT2D eigenvalue weighted by Gasteiger charge is 2.30. The summed E-state index contributed by atoms with van der Waals surface area (Å²) in [5, 5.41) is 2.61. The van der Waals surface area contributed by atoms with E-state index >= 15 is 0 Å². The number of nitrogens with one attached hydrogen (secondary N) is 1. The summed E-state index contributed by atoms with van der Waals surface area (Å²) in [7, 11) is 1.18. The lowest BCUT2D eigenvalue weighted by Crippen LogP contribution is -2.49. The molecule has 1 atom stereocenters. The summed E-state index contributed by atoms with van der Waals surface area (Å²) in [5.41, 5.74) is 0. The molecule has 130 valence electrons. The Labute approximate surface area is 131 Å². The molecule has 23 heavy (non-hydrogen) atoms. The van der Waals surface area contributed by atoms with Crippen molar-refractivity contribution in [3.05, 3.63) is 12.2 Å². The summed E-state index contributed by atoms with van der Waals surface area (Å²) in [6.07, 6.45) is -2.93. The van der Waals surface area contributed by atoms with Gasteiger partial charge in [0.15, 0.2) is 0 Å². The van der Waals surface area contributed by atoms with Crippen LogP contribution in [0.1, 0.15) is 25.7 Å². The van der Waals surface area contributed by atoms with Gasteiger partial charge in [0, 0.05) is 37.7 Å². The van der Waals surface area contributed by atoms with E-state index in [1.807, 2.05) is 0 Å². The van der Waals surface area contributed by atoms with Crippen molar-refractivity contribution in [2.45, 2.75) is 37.9 Å².